The maximum Gasteiger partial charge on any atom is 0.329 e. The van der Waals surface area contributed by atoms with Gasteiger partial charge >= 0.3 is 5.97 Å². The lowest BCUT2D eigenvalue weighted by Gasteiger charge is -2.42. The Morgan fingerprint density at radius 1 is 0.873 bits per heavy atom. The third-order valence-corrected chi connectivity index (χ3v) is 14.6. The van der Waals surface area contributed by atoms with Crippen LogP contribution in [0.15, 0.2) is 47.6 Å². The number of carbonyl (C=O) groups is 5. The summed E-state index contributed by atoms with van der Waals surface area (Å²) >= 11 is 0. The maximum atomic E-state index is 14.3. The van der Waals surface area contributed by atoms with Gasteiger partial charge in [-0.2, -0.15) is 0 Å². The molecule has 12 heteroatoms. The van der Waals surface area contributed by atoms with Crippen LogP contribution in [-0.2, 0) is 38.2 Å². The van der Waals surface area contributed by atoms with Crippen molar-refractivity contribution in [1.82, 2.24) is 4.90 Å². The zero-order chi connectivity index (χ0) is 46.8. The zero-order valence-corrected chi connectivity index (χ0v) is 39.8. The van der Waals surface area contributed by atoms with Gasteiger partial charge in [-0.15, -0.1) is 0 Å². The summed E-state index contributed by atoms with van der Waals surface area (Å²) < 4.78 is 18.3. The predicted molar refractivity (Wildman–Crippen MR) is 242 cm³/mol. The molecule has 0 aromatic rings. The standard InChI is InChI=1S/C51H79NO11/c1-30-16-12-11-13-17-31(2)44(61-10)28-40-21-19-37(8)51(60,63-40)48(57)49(58)52-23-15-14-18-41(52)50(59)62-45(34(5)27-39-20-22-42(53)33(4)26-39)29-43(54)32(3)25-36(7)47(56)38(9)46(55)35(6)24-30/h11-13,16-17,25,30,32-35,37-42,44-45,47,53,56,60H,14-15,18-24,26-29H2,1-10H3/b13-11?,16-12+,31-17?,36-25+/t30-,32-,33-,34-,35-,37-,38+,39-,40?,41+,42-,44+,45+,47-,51-/m1/s1. The number of aliphatic hydroxyl groups excluding tert-OH is 2. The molecule has 3 heterocycles. The minimum atomic E-state index is -2.41. The largest absolute Gasteiger partial charge is 0.460 e. The van der Waals surface area contributed by atoms with E-state index in [9.17, 15) is 39.3 Å². The van der Waals surface area contributed by atoms with Gasteiger partial charge in [-0.3, -0.25) is 19.2 Å². The number of carbonyl (C=O) groups excluding carboxylic acids is 5. The van der Waals surface area contributed by atoms with E-state index in [-0.39, 0.29) is 66.6 Å². The molecule has 15 atom stereocenters. The number of hydrogen-bond acceptors (Lipinski definition) is 11. The van der Waals surface area contributed by atoms with Gasteiger partial charge in [-0.1, -0.05) is 84.9 Å². The molecular weight excluding hydrogens is 803 g/mol. The summed E-state index contributed by atoms with van der Waals surface area (Å²) in [6.45, 7) is 16.8. The monoisotopic (exact) mass is 882 g/mol. The second kappa shape index (κ2) is 23.8. The number of allylic oxidation sites excluding steroid dienone is 6. The van der Waals surface area contributed by atoms with E-state index in [1.54, 1.807) is 40.9 Å². The number of hydrogen-bond donors (Lipinski definition) is 3. The van der Waals surface area contributed by atoms with Crippen molar-refractivity contribution in [2.45, 2.75) is 182 Å². The quantitative estimate of drug-likeness (QED) is 0.146. The first kappa shape index (κ1) is 52.3. The number of cyclic esters (lactones) is 1. The molecule has 354 valence electrons. The van der Waals surface area contributed by atoms with Gasteiger partial charge in [-0.25, -0.2) is 4.79 Å². The minimum absolute atomic E-state index is 0.0599. The first-order valence-corrected chi connectivity index (χ1v) is 23.8. The first-order valence-electron chi connectivity index (χ1n) is 23.8. The van der Waals surface area contributed by atoms with Gasteiger partial charge < -0.3 is 34.4 Å². The van der Waals surface area contributed by atoms with E-state index in [4.69, 9.17) is 14.2 Å². The number of ketones is 3. The minimum Gasteiger partial charge on any atom is -0.460 e. The number of nitrogens with zero attached hydrogens (tertiary/aromatic N) is 1. The Hall–Kier alpha value is -3.29. The highest BCUT2D eigenvalue weighted by Crippen LogP contribution is 2.38. The lowest BCUT2D eigenvalue weighted by molar-refractivity contribution is -0.265. The number of fused-ring (bicyclic) bond motifs is 3. The molecule has 3 N–H and O–H groups in total. The summed E-state index contributed by atoms with van der Waals surface area (Å²) in [6.07, 6.45) is 14.2. The molecule has 0 aromatic carbocycles. The van der Waals surface area contributed by atoms with Crippen LogP contribution in [0.25, 0.3) is 0 Å². The van der Waals surface area contributed by atoms with Crippen LogP contribution in [0.2, 0.25) is 0 Å². The Balaban J connectivity index is 1.68. The van der Waals surface area contributed by atoms with Crippen molar-refractivity contribution in [1.29, 1.82) is 0 Å². The highest BCUT2D eigenvalue weighted by atomic mass is 16.6. The number of ether oxygens (including phenoxy) is 3. The van der Waals surface area contributed by atoms with E-state index in [1.165, 1.54) is 4.90 Å². The van der Waals surface area contributed by atoms with Crippen molar-refractivity contribution in [3.63, 3.8) is 0 Å². The van der Waals surface area contributed by atoms with Crippen LogP contribution in [0.4, 0.5) is 0 Å². The molecule has 1 amide bonds. The number of Topliss-reactive ketones (excluding diaryl/α,β-unsaturated/α-hetero) is 3. The molecule has 12 nitrogen and oxygen atoms in total. The van der Waals surface area contributed by atoms with Crippen molar-refractivity contribution in [3.05, 3.63) is 47.6 Å². The summed E-state index contributed by atoms with van der Waals surface area (Å²) in [6, 6.07) is -1.10. The van der Waals surface area contributed by atoms with Gasteiger partial charge in [0.05, 0.1) is 24.4 Å². The predicted octanol–water partition coefficient (Wildman–Crippen LogP) is 7.42. The Bertz CT molecular complexity index is 1720. The normalized spacial score (nSPS) is 40.0. The summed E-state index contributed by atoms with van der Waals surface area (Å²) in [5.74, 6) is -7.70. The van der Waals surface area contributed by atoms with Crippen LogP contribution < -0.4 is 0 Å². The molecule has 3 aliphatic heterocycles. The van der Waals surface area contributed by atoms with Gasteiger partial charge in [0.1, 0.15) is 23.7 Å². The molecule has 63 heavy (non-hydrogen) atoms. The molecule has 3 fully saturated rings. The third-order valence-electron chi connectivity index (χ3n) is 14.6. The summed E-state index contributed by atoms with van der Waals surface area (Å²) in [5.41, 5.74) is 1.40. The number of methoxy groups -OCH3 is 1. The third kappa shape index (κ3) is 13.9. The molecular formula is C51H79NO11. The topological polar surface area (TPSA) is 177 Å². The molecule has 0 aromatic heterocycles. The van der Waals surface area contributed by atoms with Gasteiger partial charge in [0.15, 0.2) is 0 Å². The van der Waals surface area contributed by atoms with E-state index in [0.717, 1.165) is 18.4 Å². The summed E-state index contributed by atoms with van der Waals surface area (Å²) in [4.78, 5) is 71.5. The SMILES string of the molecule is CO[C@H]1CC2CC[C@@H](C)[C@@](O)(O2)C(=O)C(=O)N2CCCC[C@H]2C(=O)O[C@H]([C@H](C)C[C@@H]2CC[C@@H](O)[C@H](C)C2)CC(=O)[C@H](C)/C=C(\C)[C@@H](O)[C@@H](C)C(=O)[C@H](C)C[C@H](C)/C=C/C=CC=C1C. The van der Waals surface area contributed by atoms with Gasteiger partial charge in [0.25, 0.3) is 11.7 Å². The van der Waals surface area contributed by atoms with E-state index in [0.29, 0.717) is 56.9 Å². The van der Waals surface area contributed by atoms with Crippen molar-refractivity contribution in [3.8, 4) is 0 Å². The number of amides is 1. The Morgan fingerprint density at radius 3 is 2.27 bits per heavy atom. The van der Waals surface area contributed by atoms with Crippen LogP contribution in [0.1, 0.15) is 139 Å². The smallest absolute Gasteiger partial charge is 0.329 e. The van der Waals surface area contributed by atoms with Crippen LogP contribution in [0.3, 0.4) is 0 Å². The number of esters is 1. The van der Waals surface area contributed by atoms with Crippen LogP contribution >= 0.6 is 0 Å². The fourth-order valence-electron chi connectivity index (χ4n) is 10.2. The van der Waals surface area contributed by atoms with E-state index >= 15 is 0 Å². The molecule has 4 rings (SSSR count). The van der Waals surface area contributed by atoms with Crippen LogP contribution in [0, 0.1) is 47.3 Å². The zero-order valence-electron chi connectivity index (χ0n) is 39.8. The van der Waals surface area contributed by atoms with E-state index in [2.05, 4.69) is 0 Å². The van der Waals surface area contributed by atoms with Crippen molar-refractivity contribution in [2.75, 3.05) is 13.7 Å². The molecule has 0 spiro atoms. The second-order valence-electron chi connectivity index (χ2n) is 19.9. The average Bonchev–Trinajstić information content (AvgIpc) is 3.25. The van der Waals surface area contributed by atoms with Crippen LogP contribution in [0.5, 0.6) is 0 Å². The van der Waals surface area contributed by atoms with Gasteiger partial charge in [0, 0.05) is 50.2 Å². The highest BCUT2D eigenvalue weighted by Gasteiger charge is 2.53. The molecule has 1 unspecified atom stereocenters. The lowest BCUT2D eigenvalue weighted by Crippen LogP contribution is -2.61. The highest BCUT2D eigenvalue weighted by molar-refractivity contribution is 6.39. The summed E-state index contributed by atoms with van der Waals surface area (Å²) in [7, 11) is 1.59. The molecule has 2 bridgehead atoms. The second-order valence-corrected chi connectivity index (χ2v) is 19.9. The van der Waals surface area contributed by atoms with Crippen molar-refractivity contribution >= 4 is 29.2 Å². The maximum absolute atomic E-state index is 14.3. The van der Waals surface area contributed by atoms with Crippen LogP contribution in [-0.4, -0.2) is 105 Å². The molecule has 1 aliphatic carbocycles. The Kier molecular flexibility index (Phi) is 19.7. The van der Waals surface area contributed by atoms with Crippen molar-refractivity contribution in [2.24, 2.45) is 47.3 Å². The number of aliphatic hydroxyl groups is 3. The molecule has 4 aliphatic rings. The average molecular weight is 882 g/mol. The fraction of sp³-hybridized carbons (Fsp3) is 0.745. The van der Waals surface area contributed by atoms with Gasteiger partial charge in [0.2, 0.25) is 5.79 Å². The first-order chi connectivity index (χ1) is 29.7. The molecule has 2 saturated heterocycles. The molecule has 0 radical (unpaired) electrons. The van der Waals surface area contributed by atoms with E-state index in [1.807, 2.05) is 65.0 Å². The fourth-order valence-corrected chi connectivity index (χ4v) is 10.2. The van der Waals surface area contributed by atoms with Gasteiger partial charge in [-0.05, 0) is 113 Å². The molecule has 1 saturated carbocycles. The lowest BCUT2D eigenvalue weighted by atomic mass is 9.75. The summed E-state index contributed by atoms with van der Waals surface area (Å²) in [5, 5.41) is 33.7. The van der Waals surface area contributed by atoms with Crippen molar-refractivity contribution < 1.29 is 53.5 Å². The number of rotatable bonds is 4. The Labute approximate surface area is 376 Å². The Morgan fingerprint density at radius 2 is 1.59 bits per heavy atom. The number of piperidine rings is 1. The van der Waals surface area contributed by atoms with E-state index < -0.39 is 71.7 Å².